The fourth-order valence-electron chi connectivity index (χ4n) is 2.28. The van der Waals surface area contributed by atoms with E-state index in [0.29, 0.717) is 23.4 Å². The predicted octanol–water partition coefficient (Wildman–Crippen LogP) is 2.70. The minimum atomic E-state index is -0.289. The molecule has 0 radical (unpaired) electrons. The zero-order valence-corrected chi connectivity index (χ0v) is 12.3. The number of nitrogens with two attached hydrogens (primary N) is 1. The average molecular weight is 289 g/mol. The van der Waals surface area contributed by atoms with Crippen molar-refractivity contribution < 1.29 is 9.13 Å². The Morgan fingerprint density at radius 1 is 1.38 bits per heavy atom. The van der Waals surface area contributed by atoms with Crippen molar-refractivity contribution in [2.24, 2.45) is 0 Å². The van der Waals surface area contributed by atoms with Gasteiger partial charge in [-0.2, -0.15) is 0 Å². The first-order valence-electron chi connectivity index (χ1n) is 6.90. The number of rotatable bonds is 6. The van der Waals surface area contributed by atoms with Gasteiger partial charge in [0.15, 0.2) is 0 Å². The summed E-state index contributed by atoms with van der Waals surface area (Å²) in [5.41, 5.74) is 8.11. The lowest BCUT2D eigenvalue weighted by Crippen LogP contribution is -2.24. The van der Waals surface area contributed by atoms with Gasteiger partial charge in [0.05, 0.1) is 7.11 Å². The Labute approximate surface area is 124 Å². The molecule has 3 N–H and O–H groups in total. The molecule has 0 aliphatic rings. The molecule has 0 aliphatic carbocycles. The molecule has 1 heterocycles. The molecule has 21 heavy (non-hydrogen) atoms. The van der Waals surface area contributed by atoms with E-state index in [1.807, 2.05) is 6.92 Å². The summed E-state index contributed by atoms with van der Waals surface area (Å²) in [5.74, 6) is 0.218. The number of methoxy groups -OCH3 is 1. The molecule has 4 nitrogen and oxygen atoms in total. The van der Waals surface area contributed by atoms with E-state index in [-0.39, 0.29) is 11.9 Å². The van der Waals surface area contributed by atoms with Crippen molar-refractivity contribution in [3.8, 4) is 5.75 Å². The van der Waals surface area contributed by atoms with Crippen LogP contribution in [0.25, 0.3) is 0 Å². The molecule has 1 aromatic carbocycles. The van der Waals surface area contributed by atoms with Gasteiger partial charge in [-0.3, -0.25) is 4.98 Å². The van der Waals surface area contributed by atoms with Gasteiger partial charge in [0.1, 0.15) is 11.6 Å². The van der Waals surface area contributed by atoms with E-state index in [2.05, 4.69) is 10.3 Å². The zero-order chi connectivity index (χ0) is 15.2. The van der Waals surface area contributed by atoms with E-state index in [1.165, 1.54) is 13.2 Å². The van der Waals surface area contributed by atoms with Crippen molar-refractivity contribution >= 4 is 5.69 Å². The van der Waals surface area contributed by atoms with E-state index in [1.54, 1.807) is 30.6 Å². The molecule has 1 aromatic heterocycles. The summed E-state index contributed by atoms with van der Waals surface area (Å²) >= 11 is 0. The second-order valence-electron chi connectivity index (χ2n) is 4.78. The van der Waals surface area contributed by atoms with Crippen LogP contribution in [0.2, 0.25) is 0 Å². The lowest BCUT2D eigenvalue weighted by Gasteiger charge is -2.20. The zero-order valence-electron chi connectivity index (χ0n) is 12.3. The smallest absolute Gasteiger partial charge is 0.131 e. The number of hydrogen-bond acceptors (Lipinski definition) is 4. The van der Waals surface area contributed by atoms with Gasteiger partial charge in [0.2, 0.25) is 0 Å². The lowest BCUT2D eigenvalue weighted by molar-refractivity contribution is 0.409. The maximum absolute atomic E-state index is 14.2. The minimum Gasteiger partial charge on any atom is -0.497 e. The van der Waals surface area contributed by atoms with Crippen molar-refractivity contribution in [2.75, 3.05) is 19.4 Å². The molecule has 1 unspecified atom stereocenters. The summed E-state index contributed by atoms with van der Waals surface area (Å²) < 4.78 is 19.3. The van der Waals surface area contributed by atoms with Crippen molar-refractivity contribution in [3.63, 3.8) is 0 Å². The summed E-state index contributed by atoms with van der Waals surface area (Å²) in [7, 11) is 1.52. The quantitative estimate of drug-likeness (QED) is 0.858. The third kappa shape index (κ3) is 3.70. The number of likely N-dealkylation sites (N-methyl/N-ethyl adjacent to an activating group) is 1. The Bertz CT molecular complexity index is 604. The Kier molecular flexibility index (Phi) is 5.11. The maximum atomic E-state index is 14.2. The van der Waals surface area contributed by atoms with Gasteiger partial charge in [-0.25, -0.2) is 4.39 Å². The van der Waals surface area contributed by atoms with Gasteiger partial charge in [-0.05, 0) is 30.7 Å². The lowest BCUT2D eigenvalue weighted by atomic mass is 9.98. The molecule has 0 bridgehead atoms. The Balaban J connectivity index is 2.29. The van der Waals surface area contributed by atoms with Gasteiger partial charge in [0, 0.05) is 35.8 Å². The summed E-state index contributed by atoms with van der Waals surface area (Å²) in [5, 5.41) is 3.29. The Morgan fingerprint density at radius 3 is 2.81 bits per heavy atom. The summed E-state index contributed by atoms with van der Waals surface area (Å²) in [4.78, 5) is 4.08. The van der Waals surface area contributed by atoms with Crippen LogP contribution in [0.3, 0.4) is 0 Å². The first-order valence-corrected chi connectivity index (χ1v) is 6.90. The Hall–Kier alpha value is -2.14. The van der Waals surface area contributed by atoms with Crippen LogP contribution >= 0.6 is 0 Å². The first-order chi connectivity index (χ1) is 10.2. The molecule has 0 fully saturated rings. The molecular weight excluding hydrogens is 269 g/mol. The summed E-state index contributed by atoms with van der Waals surface area (Å²) in [6.07, 6.45) is 3.95. The van der Waals surface area contributed by atoms with Crippen LogP contribution in [0.1, 0.15) is 24.1 Å². The van der Waals surface area contributed by atoms with Crippen LogP contribution in [-0.2, 0) is 6.42 Å². The third-order valence-electron chi connectivity index (χ3n) is 3.40. The van der Waals surface area contributed by atoms with Crippen LogP contribution < -0.4 is 15.8 Å². The molecule has 0 aliphatic heterocycles. The molecule has 0 saturated heterocycles. The number of ether oxygens (including phenoxy) is 1. The number of nitrogens with one attached hydrogen (secondary N) is 1. The highest BCUT2D eigenvalue weighted by molar-refractivity contribution is 5.45. The fourth-order valence-corrected chi connectivity index (χ4v) is 2.28. The van der Waals surface area contributed by atoms with E-state index in [9.17, 15) is 4.39 Å². The largest absolute Gasteiger partial charge is 0.497 e. The monoisotopic (exact) mass is 289 g/mol. The molecule has 0 amide bonds. The number of aromatic nitrogens is 1. The summed E-state index contributed by atoms with van der Waals surface area (Å²) in [6, 6.07) is 6.49. The molecule has 1 atom stereocenters. The number of pyridine rings is 1. The predicted molar refractivity (Wildman–Crippen MR) is 81.7 cm³/mol. The van der Waals surface area contributed by atoms with Gasteiger partial charge in [0.25, 0.3) is 0 Å². The van der Waals surface area contributed by atoms with Crippen LogP contribution in [0.5, 0.6) is 5.75 Å². The van der Waals surface area contributed by atoms with E-state index in [4.69, 9.17) is 10.5 Å². The average Bonchev–Trinajstić information content (AvgIpc) is 2.49. The van der Waals surface area contributed by atoms with Crippen LogP contribution in [0, 0.1) is 5.82 Å². The second kappa shape index (κ2) is 7.04. The van der Waals surface area contributed by atoms with E-state index >= 15 is 0 Å². The van der Waals surface area contributed by atoms with Crippen LogP contribution in [0.4, 0.5) is 10.1 Å². The third-order valence-corrected chi connectivity index (χ3v) is 3.40. The standard InChI is InChI=1S/C16H20FN3O/c1-3-20-16(8-11-10-19-7-6-15(11)18)13-5-4-12(21-2)9-14(13)17/h4-7,9-10,16,20H,3,8H2,1-2H3,(H2,18,19). The fraction of sp³-hybridized carbons (Fsp3) is 0.312. The highest BCUT2D eigenvalue weighted by Gasteiger charge is 2.17. The van der Waals surface area contributed by atoms with E-state index in [0.717, 1.165) is 12.1 Å². The molecule has 0 saturated carbocycles. The number of halogens is 1. The molecule has 2 aromatic rings. The van der Waals surface area contributed by atoms with Crippen molar-refractivity contribution in [3.05, 3.63) is 53.6 Å². The summed E-state index contributed by atoms with van der Waals surface area (Å²) in [6.45, 7) is 2.72. The molecule has 0 spiro atoms. The molecule has 5 heteroatoms. The molecular formula is C16H20FN3O. The van der Waals surface area contributed by atoms with E-state index < -0.39 is 0 Å². The van der Waals surface area contributed by atoms with Crippen LogP contribution in [0.15, 0.2) is 36.7 Å². The van der Waals surface area contributed by atoms with Gasteiger partial charge >= 0.3 is 0 Å². The van der Waals surface area contributed by atoms with Gasteiger partial charge < -0.3 is 15.8 Å². The van der Waals surface area contributed by atoms with Gasteiger partial charge in [-0.1, -0.05) is 13.0 Å². The topological polar surface area (TPSA) is 60.2 Å². The molecule has 112 valence electrons. The highest BCUT2D eigenvalue weighted by atomic mass is 19.1. The van der Waals surface area contributed by atoms with Crippen molar-refractivity contribution in [2.45, 2.75) is 19.4 Å². The maximum Gasteiger partial charge on any atom is 0.131 e. The molecule has 2 rings (SSSR count). The van der Waals surface area contributed by atoms with Crippen LogP contribution in [-0.4, -0.2) is 18.6 Å². The first kappa shape index (κ1) is 15.3. The van der Waals surface area contributed by atoms with Gasteiger partial charge in [-0.15, -0.1) is 0 Å². The van der Waals surface area contributed by atoms with Crippen molar-refractivity contribution in [1.82, 2.24) is 10.3 Å². The Morgan fingerprint density at radius 2 is 2.19 bits per heavy atom. The highest BCUT2D eigenvalue weighted by Crippen LogP contribution is 2.26. The second-order valence-corrected chi connectivity index (χ2v) is 4.78. The number of anilines is 1. The SMILES string of the molecule is CCNC(Cc1cnccc1N)c1ccc(OC)cc1F. The number of nitrogen functional groups attached to an aromatic ring is 1. The normalized spacial score (nSPS) is 12.1. The number of nitrogens with zero attached hydrogens (tertiary/aromatic N) is 1. The number of hydrogen-bond donors (Lipinski definition) is 2. The minimum absolute atomic E-state index is 0.160. The number of benzene rings is 1. The van der Waals surface area contributed by atoms with Crippen molar-refractivity contribution in [1.29, 1.82) is 0 Å².